The number of carbonyl (C=O) groups is 4. The van der Waals surface area contributed by atoms with Crippen LogP contribution in [-0.2, 0) is 31.1 Å². The molecule has 4 unspecified atom stereocenters. The SMILES string of the molecule is O=C(O)COc1ccc2c(c1)Oc1cc(OCC3=C(C(=O)O)N4C(O)C(NC(=O)Cc5cccs5)C4SC3)ccc1C21OC(=O)c2ccccc21. The predicted molar refractivity (Wildman–Crippen MR) is 182 cm³/mol. The number of benzene rings is 3. The van der Waals surface area contributed by atoms with Gasteiger partial charge in [0, 0.05) is 45.0 Å². The first-order chi connectivity index (χ1) is 24.6. The number of carboxylic acids is 2. The Balaban J connectivity index is 1.06. The van der Waals surface area contributed by atoms with Gasteiger partial charge < -0.3 is 44.5 Å². The number of hydrogen-bond donors (Lipinski definition) is 4. The van der Waals surface area contributed by atoms with Crippen LogP contribution in [0.4, 0.5) is 0 Å². The molecular formula is C36H28N2O11S2. The Kier molecular flexibility index (Phi) is 8.12. The molecule has 8 rings (SSSR count). The van der Waals surface area contributed by atoms with Gasteiger partial charge in [0.25, 0.3) is 0 Å². The lowest BCUT2D eigenvalue weighted by atomic mass is 9.77. The molecule has 1 saturated heterocycles. The summed E-state index contributed by atoms with van der Waals surface area (Å²) in [5.41, 5.74) is 1.01. The zero-order chi connectivity index (χ0) is 35.4. The minimum Gasteiger partial charge on any atom is -0.489 e. The first-order valence-electron chi connectivity index (χ1n) is 15.8. The van der Waals surface area contributed by atoms with Crippen molar-refractivity contribution in [2.45, 2.75) is 29.7 Å². The van der Waals surface area contributed by atoms with E-state index in [2.05, 4.69) is 5.32 Å². The fourth-order valence-electron chi connectivity index (χ4n) is 6.88. The van der Waals surface area contributed by atoms with Gasteiger partial charge in [0.05, 0.1) is 12.0 Å². The molecule has 4 aromatic rings. The molecule has 0 radical (unpaired) electrons. The third-order valence-electron chi connectivity index (χ3n) is 9.09. The molecule has 3 aromatic carbocycles. The van der Waals surface area contributed by atoms with Gasteiger partial charge in [0.15, 0.2) is 18.4 Å². The van der Waals surface area contributed by atoms with Gasteiger partial charge in [-0.2, -0.15) is 0 Å². The number of amides is 1. The van der Waals surface area contributed by atoms with Crippen LogP contribution >= 0.6 is 23.1 Å². The van der Waals surface area contributed by atoms with Gasteiger partial charge in [0.1, 0.15) is 46.7 Å². The second kappa shape index (κ2) is 12.7. The Morgan fingerprint density at radius 3 is 2.35 bits per heavy atom. The summed E-state index contributed by atoms with van der Waals surface area (Å²) in [5, 5.41) is 34.5. The van der Waals surface area contributed by atoms with Gasteiger partial charge in [-0.05, 0) is 41.8 Å². The van der Waals surface area contributed by atoms with Crippen molar-refractivity contribution in [3.63, 3.8) is 0 Å². The average Bonchev–Trinajstić information content (AvgIpc) is 3.74. The molecule has 0 aliphatic carbocycles. The molecule has 4 aliphatic rings. The van der Waals surface area contributed by atoms with Gasteiger partial charge in [-0.15, -0.1) is 23.1 Å². The number of carbonyl (C=O) groups excluding carboxylic acids is 2. The standard InChI is InChI=1S/C36H28N2O11S2/c39-28(14-21-4-3-11-50-21)37-30-32(42)38-31(34(43)44)18(17-51-33(30)38)15-46-19-7-9-24-26(12-19)48-27-13-20(47-16-29(40)41)8-10-25(27)36(24)23-6-2-1-5-22(23)35(45)49-36/h1-13,30,32-33,42H,14-17H2,(H,37,39)(H,40,41)(H,43,44). The van der Waals surface area contributed by atoms with E-state index in [4.69, 9.17) is 24.1 Å². The van der Waals surface area contributed by atoms with Crippen molar-refractivity contribution in [2.24, 2.45) is 0 Å². The van der Waals surface area contributed by atoms with Crippen LogP contribution < -0.4 is 19.5 Å². The fourth-order valence-corrected chi connectivity index (χ4v) is 8.98. The van der Waals surface area contributed by atoms with E-state index in [0.29, 0.717) is 39.3 Å². The Morgan fingerprint density at radius 1 is 0.941 bits per heavy atom. The Hall–Kier alpha value is -5.51. The molecule has 1 amide bonds. The predicted octanol–water partition coefficient (Wildman–Crippen LogP) is 3.93. The molecule has 1 spiro atoms. The maximum atomic E-state index is 13.2. The van der Waals surface area contributed by atoms with E-state index in [9.17, 15) is 29.4 Å². The summed E-state index contributed by atoms with van der Waals surface area (Å²) in [7, 11) is 0. The summed E-state index contributed by atoms with van der Waals surface area (Å²) in [4.78, 5) is 51.7. The van der Waals surface area contributed by atoms with Crippen LogP contribution in [0.1, 0.15) is 31.9 Å². The van der Waals surface area contributed by atoms with E-state index in [0.717, 1.165) is 4.88 Å². The summed E-state index contributed by atoms with van der Waals surface area (Å²) in [6.45, 7) is -0.686. The molecule has 5 heterocycles. The first-order valence-corrected chi connectivity index (χ1v) is 17.7. The number of thioether (sulfide) groups is 1. The van der Waals surface area contributed by atoms with E-state index in [1.165, 1.54) is 34.1 Å². The molecule has 0 saturated carbocycles. The molecule has 4 aliphatic heterocycles. The number of nitrogens with zero attached hydrogens (tertiary/aromatic N) is 1. The monoisotopic (exact) mass is 728 g/mol. The number of esters is 1. The Labute approximate surface area is 298 Å². The first kappa shape index (κ1) is 32.7. The number of aliphatic carboxylic acids is 2. The van der Waals surface area contributed by atoms with Gasteiger partial charge in [-0.3, -0.25) is 4.79 Å². The second-order valence-corrected chi connectivity index (χ2v) is 14.3. The molecule has 15 heteroatoms. The third-order valence-corrected chi connectivity index (χ3v) is 11.3. The topological polar surface area (TPSA) is 181 Å². The lowest BCUT2D eigenvalue weighted by Crippen LogP contribution is -2.73. The molecule has 1 aromatic heterocycles. The van der Waals surface area contributed by atoms with Crippen LogP contribution in [-0.4, -0.2) is 80.6 Å². The number of aliphatic hydroxyl groups excluding tert-OH is 1. The number of hydrogen-bond acceptors (Lipinski definition) is 12. The van der Waals surface area contributed by atoms with Crippen molar-refractivity contribution in [1.29, 1.82) is 0 Å². The van der Waals surface area contributed by atoms with Crippen molar-refractivity contribution in [3.05, 3.63) is 117 Å². The highest BCUT2D eigenvalue weighted by atomic mass is 32.2. The van der Waals surface area contributed by atoms with E-state index < -0.39 is 47.8 Å². The molecule has 1 fully saturated rings. The van der Waals surface area contributed by atoms with Gasteiger partial charge in [-0.1, -0.05) is 24.3 Å². The highest BCUT2D eigenvalue weighted by Gasteiger charge is 2.55. The quantitative estimate of drug-likeness (QED) is 0.173. The number of rotatable bonds is 10. The van der Waals surface area contributed by atoms with Crippen molar-refractivity contribution < 1.29 is 53.4 Å². The summed E-state index contributed by atoms with van der Waals surface area (Å²) < 4.78 is 24.0. The zero-order valence-corrected chi connectivity index (χ0v) is 28.1. The molecule has 13 nitrogen and oxygen atoms in total. The third kappa shape index (κ3) is 5.53. The summed E-state index contributed by atoms with van der Waals surface area (Å²) >= 11 is 2.86. The average molecular weight is 729 g/mol. The lowest BCUT2D eigenvalue weighted by Gasteiger charge is -2.55. The van der Waals surface area contributed by atoms with Gasteiger partial charge in [-0.25, -0.2) is 14.4 Å². The molecule has 260 valence electrons. The summed E-state index contributed by atoms with van der Waals surface area (Å²) in [6.07, 6.45) is -1.06. The fraction of sp³-hybridized carbons (Fsp3) is 0.222. The van der Waals surface area contributed by atoms with Crippen LogP contribution in [0.5, 0.6) is 23.0 Å². The number of fused-ring (bicyclic) bond motifs is 7. The van der Waals surface area contributed by atoms with Crippen molar-refractivity contribution in [3.8, 4) is 23.0 Å². The molecule has 51 heavy (non-hydrogen) atoms. The highest BCUT2D eigenvalue weighted by molar-refractivity contribution is 8.00. The molecular weight excluding hydrogens is 701 g/mol. The van der Waals surface area contributed by atoms with Crippen LogP contribution in [0, 0.1) is 0 Å². The van der Waals surface area contributed by atoms with E-state index in [1.54, 1.807) is 54.6 Å². The zero-order valence-electron chi connectivity index (χ0n) is 26.4. The van der Waals surface area contributed by atoms with Crippen LogP contribution in [0.2, 0.25) is 0 Å². The Bertz CT molecular complexity index is 2130. The van der Waals surface area contributed by atoms with Crippen molar-refractivity contribution in [1.82, 2.24) is 10.2 Å². The molecule has 4 N–H and O–H groups in total. The van der Waals surface area contributed by atoms with Gasteiger partial charge in [0.2, 0.25) is 5.91 Å². The van der Waals surface area contributed by atoms with E-state index in [1.807, 2.05) is 17.5 Å². The van der Waals surface area contributed by atoms with Crippen molar-refractivity contribution in [2.75, 3.05) is 19.0 Å². The number of carboxylic acid groups (broad SMARTS) is 2. The second-order valence-electron chi connectivity index (χ2n) is 12.1. The normalized spacial score (nSPS) is 22.4. The highest BCUT2D eigenvalue weighted by Crippen LogP contribution is 2.57. The molecule has 4 atom stereocenters. The maximum Gasteiger partial charge on any atom is 0.352 e. The van der Waals surface area contributed by atoms with Crippen LogP contribution in [0.3, 0.4) is 0 Å². The van der Waals surface area contributed by atoms with Gasteiger partial charge >= 0.3 is 17.9 Å². The number of ether oxygens (including phenoxy) is 4. The van der Waals surface area contributed by atoms with E-state index >= 15 is 0 Å². The summed E-state index contributed by atoms with van der Waals surface area (Å²) in [6, 6.07) is 19.9. The smallest absolute Gasteiger partial charge is 0.352 e. The van der Waals surface area contributed by atoms with Crippen LogP contribution in [0.15, 0.2) is 89.4 Å². The lowest BCUT2D eigenvalue weighted by molar-refractivity contribution is -0.147. The van der Waals surface area contributed by atoms with Crippen LogP contribution in [0.25, 0.3) is 0 Å². The number of thiophene rings is 1. The number of nitrogens with one attached hydrogen (secondary N) is 1. The minimum absolute atomic E-state index is 0.0829. The van der Waals surface area contributed by atoms with Crippen molar-refractivity contribution >= 4 is 46.9 Å². The summed E-state index contributed by atoms with van der Waals surface area (Å²) in [5.74, 6) is -1.72. The maximum absolute atomic E-state index is 13.2. The minimum atomic E-state index is -1.38. The molecule has 0 bridgehead atoms. The Morgan fingerprint density at radius 2 is 1.67 bits per heavy atom. The number of aliphatic hydroxyl groups is 1. The largest absolute Gasteiger partial charge is 0.489 e. The van der Waals surface area contributed by atoms with E-state index in [-0.39, 0.29) is 41.9 Å².